The molecule has 6 heteroatoms. The van der Waals surface area contributed by atoms with Crippen molar-refractivity contribution < 1.29 is 19.1 Å². The van der Waals surface area contributed by atoms with E-state index in [9.17, 15) is 9.59 Å². The third-order valence-electron chi connectivity index (χ3n) is 3.03. The molecule has 1 atom stereocenters. The molecule has 130 valence electrons. The van der Waals surface area contributed by atoms with Gasteiger partial charge in [0, 0.05) is 6.42 Å². The molecule has 0 aliphatic carbocycles. The van der Waals surface area contributed by atoms with Gasteiger partial charge in [0.1, 0.15) is 23.5 Å². The minimum atomic E-state index is -0.715. The topological polar surface area (TPSA) is 102 Å². The minimum absolute atomic E-state index is 0.194. The molecule has 0 heterocycles. The molecule has 1 aromatic rings. The van der Waals surface area contributed by atoms with Crippen molar-refractivity contribution in [1.82, 2.24) is 0 Å². The number of ketones is 1. The van der Waals surface area contributed by atoms with Crippen molar-refractivity contribution in [3.05, 3.63) is 29.8 Å². The van der Waals surface area contributed by atoms with E-state index in [2.05, 4.69) is 0 Å². The predicted octanol–water partition coefficient (Wildman–Crippen LogP) is 2.15. The first-order chi connectivity index (χ1) is 11.2. The molecule has 0 fully saturated rings. The number of ether oxygens (including phenoxy) is 2. The average molecular weight is 332 g/mol. The lowest BCUT2D eigenvalue weighted by molar-refractivity contribution is -0.156. The number of Topliss-reactive ketones (excluding diaryl/α,β-unsaturated/α-hetero) is 1. The van der Waals surface area contributed by atoms with E-state index in [1.165, 1.54) is 0 Å². The van der Waals surface area contributed by atoms with Crippen molar-refractivity contribution in [1.29, 1.82) is 5.26 Å². The van der Waals surface area contributed by atoms with Crippen LogP contribution in [0, 0.1) is 11.3 Å². The summed E-state index contributed by atoms with van der Waals surface area (Å²) in [4.78, 5) is 22.7. The first kappa shape index (κ1) is 19.7. The number of nitriles is 1. The number of carbonyl (C=O) groups excluding carboxylic acids is 2. The van der Waals surface area contributed by atoms with Crippen LogP contribution in [0.2, 0.25) is 0 Å². The van der Waals surface area contributed by atoms with Gasteiger partial charge in [-0.1, -0.05) is 12.1 Å². The number of carbonyl (C=O) groups is 2. The summed E-state index contributed by atoms with van der Waals surface area (Å²) in [5, 5.41) is 8.37. The predicted molar refractivity (Wildman–Crippen MR) is 89.3 cm³/mol. The number of nitrogens with zero attached hydrogens (tertiary/aromatic N) is 1. The first-order valence-electron chi connectivity index (χ1n) is 7.84. The van der Waals surface area contributed by atoms with Crippen molar-refractivity contribution in [3.8, 4) is 11.8 Å². The fourth-order valence-electron chi connectivity index (χ4n) is 1.92. The molecule has 0 aliphatic heterocycles. The average Bonchev–Trinajstić information content (AvgIpc) is 2.51. The highest BCUT2D eigenvalue weighted by Crippen LogP contribution is 2.15. The lowest BCUT2D eigenvalue weighted by atomic mass is 10.1. The van der Waals surface area contributed by atoms with Crippen LogP contribution in [0.25, 0.3) is 0 Å². The van der Waals surface area contributed by atoms with Crippen LogP contribution in [0.3, 0.4) is 0 Å². The number of rotatable bonds is 8. The monoisotopic (exact) mass is 332 g/mol. The summed E-state index contributed by atoms with van der Waals surface area (Å²) in [6, 6.07) is 8.08. The summed E-state index contributed by atoms with van der Waals surface area (Å²) in [6.07, 6.45) is 1.07. The maximum absolute atomic E-state index is 11.9. The Hall–Kier alpha value is -2.39. The zero-order valence-corrected chi connectivity index (χ0v) is 14.4. The Morgan fingerprint density at radius 2 is 1.88 bits per heavy atom. The molecule has 0 aromatic heterocycles. The summed E-state index contributed by atoms with van der Waals surface area (Å²) >= 11 is 0. The maximum atomic E-state index is 11.9. The van der Waals surface area contributed by atoms with E-state index >= 15 is 0 Å². The number of benzene rings is 1. The lowest BCUT2D eigenvalue weighted by Gasteiger charge is -2.22. The molecule has 0 aliphatic rings. The van der Waals surface area contributed by atoms with Gasteiger partial charge in [-0.05, 0) is 51.3 Å². The van der Waals surface area contributed by atoms with Crippen molar-refractivity contribution in [2.75, 3.05) is 6.61 Å². The summed E-state index contributed by atoms with van der Waals surface area (Å²) in [6.45, 7) is 5.76. The van der Waals surface area contributed by atoms with Crippen molar-refractivity contribution in [2.24, 2.45) is 5.73 Å². The van der Waals surface area contributed by atoms with E-state index in [0.29, 0.717) is 25.2 Å². The van der Waals surface area contributed by atoms with Gasteiger partial charge in [0.2, 0.25) is 5.78 Å². The normalized spacial score (nSPS) is 12.1. The molecule has 1 aromatic carbocycles. The van der Waals surface area contributed by atoms with E-state index < -0.39 is 23.4 Å². The summed E-state index contributed by atoms with van der Waals surface area (Å²) in [5.74, 6) is -0.205. The van der Waals surface area contributed by atoms with E-state index in [-0.39, 0.29) is 6.42 Å². The van der Waals surface area contributed by atoms with Gasteiger partial charge in [0.25, 0.3) is 0 Å². The van der Waals surface area contributed by atoms with E-state index in [1.54, 1.807) is 39.0 Å². The Morgan fingerprint density at radius 1 is 1.25 bits per heavy atom. The van der Waals surface area contributed by atoms with Crippen LogP contribution < -0.4 is 10.5 Å². The highest BCUT2D eigenvalue weighted by molar-refractivity contribution is 5.93. The highest BCUT2D eigenvalue weighted by atomic mass is 16.6. The van der Waals surface area contributed by atoms with Gasteiger partial charge in [0.05, 0.1) is 6.61 Å². The van der Waals surface area contributed by atoms with Crippen LogP contribution in [-0.4, -0.2) is 30.0 Å². The van der Waals surface area contributed by atoms with E-state index in [1.807, 2.05) is 12.1 Å². The molecule has 0 unspecified atom stereocenters. The Balaban J connectivity index is 2.43. The van der Waals surface area contributed by atoms with Gasteiger partial charge < -0.3 is 15.2 Å². The molecule has 24 heavy (non-hydrogen) atoms. The molecule has 0 amide bonds. The van der Waals surface area contributed by atoms with Crippen molar-refractivity contribution in [2.45, 2.75) is 51.7 Å². The van der Waals surface area contributed by atoms with Gasteiger partial charge in [-0.25, -0.2) is 0 Å². The Morgan fingerprint density at radius 3 is 2.42 bits per heavy atom. The molecular weight excluding hydrogens is 308 g/mol. The van der Waals surface area contributed by atoms with Gasteiger partial charge in [-0.2, -0.15) is 5.26 Å². The second-order valence-electron chi connectivity index (χ2n) is 6.48. The summed E-state index contributed by atoms with van der Waals surface area (Å²) < 4.78 is 10.7. The molecule has 0 radical (unpaired) electrons. The van der Waals surface area contributed by atoms with E-state index in [0.717, 1.165) is 5.56 Å². The summed E-state index contributed by atoms with van der Waals surface area (Å²) in [7, 11) is 0. The smallest absolute Gasteiger partial charge is 0.323 e. The minimum Gasteiger partial charge on any atom is -0.494 e. The first-order valence-corrected chi connectivity index (χ1v) is 7.84. The van der Waals surface area contributed by atoms with Crippen molar-refractivity contribution >= 4 is 11.8 Å². The molecular formula is C18H24N2O4. The van der Waals surface area contributed by atoms with Crippen LogP contribution in [0.15, 0.2) is 24.3 Å². The zero-order chi connectivity index (χ0) is 18.2. The molecule has 1 rings (SSSR count). The lowest BCUT2D eigenvalue weighted by Crippen LogP contribution is -2.38. The number of hydrogen-bond donors (Lipinski definition) is 1. The molecule has 6 nitrogen and oxygen atoms in total. The molecule has 0 bridgehead atoms. The number of nitrogens with two attached hydrogens (primary N) is 1. The third kappa shape index (κ3) is 7.75. The fourth-order valence-corrected chi connectivity index (χ4v) is 1.92. The van der Waals surface area contributed by atoms with Gasteiger partial charge in [-0.15, -0.1) is 0 Å². The third-order valence-corrected chi connectivity index (χ3v) is 3.03. The Labute approximate surface area is 142 Å². The van der Waals surface area contributed by atoms with Crippen LogP contribution in [0.1, 0.15) is 39.2 Å². The highest BCUT2D eigenvalue weighted by Gasteiger charge is 2.22. The largest absolute Gasteiger partial charge is 0.494 e. The Bertz CT molecular complexity index is 597. The molecule has 0 saturated heterocycles. The van der Waals surface area contributed by atoms with Gasteiger partial charge >= 0.3 is 5.97 Å². The maximum Gasteiger partial charge on any atom is 0.323 e. The SMILES string of the molecule is CC(C)(C)OC(=O)[C@@H](N)Cc1ccc(OCCCC(=O)C#N)cc1. The van der Waals surface area contributed by atoms with Crippen LogP contribution in [0.5, 0.6) is 5.75 Å². The second kappa shape index (κ2) is 9.04. The van der Waals surface area contributed by atoms with E-state index in [4.69, 9.17) is 20.5 Å². The number of esters is 1. The van der Waals surface area contributed by atoms with Gasteiger partial charge in [0.15, 0.2) is 0 Å². The molecule has 2 N–H and O–H groups in total. The van der Waals surface area contributed by atoms with Crippen LogP contribution in [-0.2, 0) is 20.7 Å². The Kier molecular flexibility index (Phi) is 7.40. The molecule has 0 saturated carbocycles. The van der Waals surface area contributed by atoms with Gasteiger partial charge in [-0.3, -0.25) is 9.59 Å². The number of hydrogen-bond acceptors (Lipinski definition) is 6. The molecule has 0 spiro atoms. The van der Waals surface area contributed by atoms with Crippen LogP contribution >= 0.6 is 0 Å². The fraction of sp³-hybridized carbons (Fsp3) is 0.500. The standard InChI is InChI=1S/C18H24N2O4/c1-18(2,3)24-17(22)16(20)11-13-6-8-15(9-7-13)23-10-4-5-14(21)12-19/h6-9,16H,4-5,10-11,20H2,1-3H3/t16-/m0/s1. The van der Waals surface area contributed by atoms with Crippen LogP contribution in [0.4, 0.5) is 0 Å². The zero-order valence-electron chi connectivity index (χ0n) is 14.4. The quantitative estimate of drug-likeness (QED) is 0.444. The second-order valence-corrected chi connectivity index (χ2v) is 6.48. The van der Waals surface area contributed by atoms with Crippen molar-refractivity contribution in [3.63, 3.8) is 0 Å². The summed E-state index contributed by atoms with van der Waals surface area (Å²) in [5.41, 5.74) is 6.22.